The van der Waals surface area contributed by atoms with Crippen LogP contribution < -0.4 is 5.32 Å². The number of alkyl halides is 3. The summed E-state index contributed by atoms with van der Waals surface area (Å²) in [5, 5.41) is 6.01. The number of thiazole rings is 1. The highest BCUT2D eigenvalue weighted by Crippen LogP contribution is 2.32. The molecule has 0 aliphatic rings. The summed E-state index contributed by atoms with van der Waals surface area (Å²) in [5.74, 6) is -0.231. The number of hydrogen-bond donors (Lipinski definition) is 1. The third-order valence-corrected chi connectivity index (χ3v) is 5.21. The van der Waals surface area contributed by atoms with Crippen molar-refractivity contribution in [2.24, 2.45) is 0 Å². The van der Waals surface area contributed by atoms with E-state index in [4.69, 9.17) is 0 Å². The zero-order valence-electron chi connectivity index (χ0n) is 14.9. The second-order valence-electron chi connectivity index (χ2n) is 6.32. The molecular weight excluding hydrogens is 399 g/mol. The number of nitrogens with one attached hydrogen (secondary N) is 1. The van der Waals surface area contributed by atoms with E-state index in [-0.39, 0.29) is 12.3 Å². The molecule has 0 saturated carbocycles. The van der Waals surface area contributed by atoms with Gasteiger partial charge in [0.05, 0.1) is 28.9 Å². The van der Waals surface area contributed by atoms with E-state index in [0.717, 1.165) is 23.0 Å². The Morgan fingerprint density at radius 1 is 1.03 bits per heavy atom. The fourth-order valence-corrected chi connectivity index (χ4v) is 3.72. The van der Waals surface area contributed by atoms with Gasteiger partial charge in [0.2, 0.25) is 5.91 Å². The maximum absolute atomic E-state index is 12.7. The SMILES string of the molecule is O=C(Cc1csc(-c2ccc(C(F)(F)F)cc2)n1)Nc1cccc2ncccc12. The summed E-state index contributed by atoms with van der Waals surface area (Å²) >= 11 is 1.28. The van der Waals surface area contributed by atoms with Crippen molar-refractivity contribution in [2.45, 2.75) is 12.6 Å². The molecule has 0 bridgehead atoms. The molecule has 0 unspecified atom stereocenters. The van der Waals surface area contributed by atoms with Crippen LogP contribution in [-0.2, 0) is 17.4 Å². The Hall–Kier alpha value is -3.26. The number of carbonyl (C=O) groups excluding carboxylic acids is 1. The minimum absolute atomic E-state index is 0.0633. The molecule has 8 heteroatoms. The Balaban J connectivity index is 1.47. The largest absolute Gasteiger partial charge is 0.416 e. The first-order valence-electron chi connectivity index (χ1n) is 8.66. The number of benzene rings is 2. The van der Waals surface area contributed by atoms with Gasteiger partial charge in [-0.25, -0.2) is 4.98 Å². The average Bonchev–Trinajstić information content (AvgIpc) is 3.16. The molecule has 29 heavy (non-hydrogen) atoms. The molecule has 0 atom stereocenters. The molecule has 2 aromatic carbocycles. The van der Waals surface area contributed by atoms with Crippen molar-refractivity contribution in [3.05, 3.63) is 77.4 Å². The minimum Gasteiger partial charge on any atom is -0.325 e. The number of fused-ring (bicyclic) bond motifs is 1. The molecule has 4 aromatic rings. The van der Waals surface area contributed by atoms with Gasteiger partial charge < -0.3 is 5.32 Å². The van der Waals surface area contributed by atoms with Gasteiger partial charge >= 0.3 is 6.18 Å². The van der Waals surface area contributed by atoms with Crippen molar-refractivity contribution in [2.75, 3.05) is 5.32 Å². The topological polar surface area (TPSA) is 54.9 Å². The second-order valence-corrected chi connectivity index (χ2v) is 7.18. The Labute approximate surface area is 168 Å². The van der Waals surface area contributed by atoms with Gasteiger partial charge in [-0.1, -0.05) is 18.2 Å². The molecule has 0 radical (unpaired) electrons. The summed E-state index contributed by atoms with van der Waals surface area (Å²) in [4.78, 5) is 21.1. The third kappa shape index (κ3) is 4.27. The van der Waals surface area contributed by atoms with Crippen LogP contribution in [-0.4, -0.2) is 15.9 Å². The van der Waals surface area contributed by atoms with E-state index in [1.807, 2.05) is 18.2 Å². The number of rotatable bonds is 4. The van der Waals surface area contributed by atoms with Crippen molar-refractivity contribution in [1.82, 2.24) is 9.97 Å². The van der Waals surface area contributed by atoms with Crippen molar-refractivity contribution >= 4 is 33.8 Å². The highest BCUT2D eigenvalue weighted by molar-refractivity contribution is 7.13. The summed E-state index contributed by atoms with van der Waals surface area (Å²) < 4.78 is 38.1. The van der Waals surface area contributed by atoms with Gasteiger partial charge in [0, 0.05) is 22.5 Å². The lowest BCUT2D eigenvalue weighted by atomic mass is 10.1. The molecule has 0 aliphatic carbocycles. The van der Waals surface area contributed by atoms with Crippen LogP contribution in [0.5, 0.6) is 0 Å². The Bertz CT molecular complexity index is 1160. The van der Waals surface area contributed by atoms with Gasteiger partial charge in [0.1, 0.15) is 5.01 Å². The van der Waals surface area contributed by atoms with E-state index < -0.39 is 11.7 Å². The Morgan fingerprint density at radius 3 is 2.59 bits per heavy atom. The summed E-state index contributed by atoms with van der Waals surface area (Å²) in [6.45, 7) is 0. The molecule has 0 aliphatic heterocycles. The molecule has 0 fully saturated rings. The number of hydrogen-bond acceptors (Lipinski definition) is 4. The van der Waals surface area contributed by atoms with Crippen LogP contribution >= 0.6 is 11.3 Å². The summed E-state index contributed by atoms with van der Waals surface area (Å²) in [5.41, 5.74) is 1.87. The predicted octanol–water partition coefficient (Wildman–Crippen LogP) is 5.56. The second kappa shape index (κ2) is 7.63. The average molecular weight is 413 g/mol. The normalized spacial score (nSPS) is 11.6. The van der Waals surface area contributed by atoms with Crippen LogP contribution in [0, 0.1) is 0 Å². The standard InChI is InChI=1S/C21H14F3N3OS/c22-21(23,24)14-8-6-13(7-9-14)20-26-15(12-29-20)11-19(28)27-18-5-1-4-17-16(18)3-2-10-25-17/h1-10,12H,11H2,(H,27,28). The lowest BCUT2D eigenvalue weighted by Crippen LogP contribution is -2.14. The first-order valence-corrected chi connectivity index (χ1v) is 9.54. The molecule has 1 N–H and O–H groups in total. The van der Waals surface area contributed by atoms with E-state index in [9.17, 15) is 18.0 Å². The highest BCUT2D eigenvalue weighted by Gasteiger charge is 2.30. The number of nitrogens with zero attached hydrogens (tertiary/aromatic N) is 2. The van der Waals surface area contributed by atoms with E-state index in [0.29, 0.717) is 22.0 Å². The molecule has 2 heterocycles. The zero-order valence-corrected chi connectivity index (χ0v) is 15.7. The van der Waals surface area contributed by atoms with E-state index in [1.54, 1.807) is 23.7 Å². The minimum atomic E-state index is -4.37. The van der Waals surface area contributed by atoms with Crippen LogP contribution in [0.1, 0.15) is 11.3 Å². The Morgan fingerprint density at radius 2 is 1.83 bits per heavy atom. The smallest absolute Gasteiger partial charge is 0.325 e. The van der Waals surface area contributed by atoms with Gasteiger partial charge in [0.15, 0.2) is 0 Å². The van der Waals surface area contributed by atoms with Crippen LogP contribution in [0.25, 0.3) is 21.5 Å². The monoisotopic (exact) mass is 413 g/mol. The van der Waals surface area contributed by atoms with Gasteiger partial charge in [-0.05, 0) is 36.4 Å². The Kier molecular flexibility index (Phi) is 5.02. The molecule has 0 saturated heterocycles. The number of aromatic nitrogens is 2. The summed E-state index contributed by atoms with van der Waals surface area (Å²) in [6, 6.07) is 14.0. The quantitative estimate of drug-likeness (QED) is 0.477. The summed E-state index contributed by atoms with van der Waals surface area (Å²) in [7, 11) is 0. The first-order chi connectivity index (χ1) is 13.9. The van der Waals surface area contributed by atoms with Crippen LogP contribution in [0.15, 0.2) is 66.2 Å². The predicted molar refractivity (Wildman–Crippen MR) is 107 cm³/mol. The lowest BCUT2D eigenvalue weighted by Gasteiger charge is -2.07. The molecule has 4 rings (SSSR count). The number of amides is 1. The van der Waals surface area contributed by atoms with Crippen molar-refractivity contribution < 1.29 is 18.0 Å². The summed E-state index contributed by atoms with van der Waals surface area (Å²) in [6.07, 6.45) is -2.62. The van der Waals surface area contributed by atoms with E-state index in [1.165, 1.54) is 23.5 Å². The van der Waals surface area contributed by atoms with Crippen LogP contribution in [0.3, 0.4) is 0 Å². The van der Waals surface area contributed by atoms with Crippen molar-refractivity contribution in [1.29, 1.82) is 0 Å². The van der Waals surface area contributed by atoms with Gasteiger partial charge in [0.25, 0.3) is 0 Å². The first kappa shape index (κ1) is 19.1. The van der Waals surface area contributed by atoms with Crippen LogP contribution in [0.2, 0.25) is 0 Å². The number of carbonyl (C=O) groups is 1. The van der Waals surface area contributed by atoms with Gasteiger partial charge in [-0.15, -0.1) is 11.3 Å². The molecule has 0 spiro atoms. The zero-order chi connectivity index (χ0) is 20.4. The van der Waals surface area contributed by atoms with E-state index in [2.05, 4.69) is 15.3 Å². The fraction of sp³-hybridized carbons (Fsp3) is 0.0952. The lowest BCUT2D eigenvalue weighted by molar-refractivity contribution is -0.137. The number of pyridine rings is 1. The highest BCUT2D eigenvalue weighted by atomic mass is 32.1. The number of halogens is 3. The van der Waals surface area contributed by atoms with Gasteiger partial charge in [-0.2, -0.15) is 13.2 Å². The molecule has 146 valence electrons. The maximum atomic E-state index is 12.7. The molecular formula is C21H14F3N3OS. The van der Waals surface area contributed by atoms with E-state index >= 15 is 0 Å². The van der Waals surface area contributed by atoms with Gasteiger partial charge in [-0.3, -0.25) is 9.78 Å². The van der Waals surface area contributed by atoms with Crippen LogP contribution in [0.4, 0.5) is 18.9 Å². The third-order valence-electron chi connectivity index (χ3n) is 4.27. The van der Waals surface area contributed by atoms with Crippen molar-refractivity contribution in [3.8, 4) is 10.6 Å². The molecule has 2 aromatic heterocycles. The number of anilines is 1. The molecule has 4 nitrogen and oxygen atoms in total. The fourth-order valence-electron chi connectivity index (χ4n) is 2.89. The maximum Gasteiger partial charge on any atom is 0.416 e. The molecule has 1 amide bonds. The van der Waals surface area contributed by atoms with Crippen molar-refractivity contribution in [3.63, 3.8) is 0 Å².